The third kappa shape index (κ3) is 3.37. The minimum Gasteiger partial charge on any atom is -0.496 e. The average molecular weight is 304 g/mol. The summed E-state index contributed by atoms with van der Waals surface area (Å²) < 4.78 is 5.22. The van der Waals surface area contributed by atoms with E-state index in [0.29, 0.717) is 17.0 Å². The van der Waals surface area contributed by atoms with Crippen molar-refractivity contribution in [3.63, 3.8) is 0 Å². The van der Waals surface area contributed by atoms with Crippen molar-refractivity contribution < 1.29 is 9.53 Å². The summed E-state index contributed by atoms with van der Waals surface area (Å²) in [6.07, 6.45) is 3.40. The highest BCUT2D eigenvalue weighted by atomic mass is 16.5. The lowest BCUT2D eigenvalue weighted by Gasteiger charge is -2.10. The second kappa shape index (κ2) is 6.75. The van der Waals surface area contributed by atoms with E-state index in [4.69, 9.17) is 4.74 Å². The fourth-order valence-electron chi connectivity index (χ4n) is 2.33. The number of carbonyl (C=O) groups excluding carboxylic acids is 1. The van der Waals surface area contributed by atoms with Crippen LogP contribution in [0.25, 0.3) is 11.1 Å². The Morgan fingerprint density at radius 1 is 0.957 bits per heavy atom. The van der Waals surface area contributed by atoms with Crippen molar-refractivity contribution in [2.75, 3.05) is 12.4 Å². The van der Waals surface area contributed by atoms with E-state index in [9.17, 15) is 4.79 Å². The van der Waals surface area contributed by atoms with E-state index in [0.717, 1.165) is 11.1 Å². The molecule has 0 spiro atoms. The maximum Gasteiger partial charge on any atom is 0.259 e. The van der Waals surface area contributed by atoms with Crippen LogP contribution in [-0.2, 0) is 0 Å². The van der Waals surface area contributed by atoms with Gasteiger partial charge in [-0.2, -0.15) is 0 Å². The van der Waals surface area contributed by atoms with Gasteiger partial charge in [-0.15, -0.1) is 0 Å². The van der Waals surface area contributed by atoms with Crippen LogP contribution in [0.5, 0.6) is 5.75 Å². The number of nitrogens with zero attached hydrogens (tertiary/aromatic N) is 1. The number of methoxy groups -OCH3 is 1. The quantitative estimate of drug-likeness (QED) is 0.792. The van der Waals surface area contributed by atoms with Crippen LogP contribution in [0.15, 0.2) is 73.1 Å². The molecule has 0 fully saturated rings. The molecule has 1 aromatic heterocycles. The van der Waals surface area contributed by atoms with Gasteiger partial charge in [0.25, 0.3) is 5.91 Å². The average Bonchev–Trinajstić information content (AvgIpc) is 2.62. The van der Waals surface area contributed by atoms with Crippen LogP contribution in [-0.4, -0.2) is 18.0 Å². The number of amides is 1. The number of pyridine rings is 1. The van der Waals surface area contributed by atoms with Crippen LogP contribution in [0, 0.1) is 0 Å². The highest BCUT2D eigenvalue weighted by Gasteiger charge is 2.12. The Kier molecular flexibility index (Phi) is 4.34. The molecule has 1 N–H and O–H groups in total. The number of para-hydroxylation sites is 1. The molecule has 4 nitrogen and oxygen atoms in total. The normalized spacial score (nSPS) is 10.1. The smallest absolute Gasteiger partial charge is 0.259 e. The molecule has 4 heteroatoms. The molecule has 114 valence electrons. The van der Waals surface area contributed by atoms with Gasteiger partial charge in [0.2, 0.25) is 0 Å². The number of anilines is 1. The molecule has 0 aliphatic carbocycles. The molecule has 1 amide bonds. The second-order valence-corrected chi connectivity index (χ2v) is 4.98. The molecule has 0 unspecified atom stereocenters. The van der Waals surface area contributed by atoms with Crippen molar-refractivity contribution in [1.29, 1.82) is 0 Å². The molecule has 0 aliphatic heterocycles. The van der Waals surface area contributed by atoms with Crippen LogP contribution >= 0.6 is 0 Å². The Morgan fingerprint density at radius 2 is 1.70 bits per heavy atom. The van der Waals surface area contributed by atoms with Gasteiger partial charge in [-0.1, -0.05) is 42.5 Å². The summed E-state index contributed by atoms with van der Waals surface area (Å²) >= 11 is 0. The minimum absolute atomic E-state index is 0.227. The van der Waals surface area contributed by atoms with Gasteiger partial charge in [0.1, 0.15) is 5.75 Å². The van der Waals surface area contributed by atoms with E-state index >= 15 is 0 Å². The summed E-state index contributed by atoms with van der Waals surface area (Å²) in [6.45, 7) is 0. The van der Waals surface area contributed by atoms with Gasteiger partial charge in [0, 0.05) is 11.8 Å². The van der Waals surface area contributed by atoms with Crippen molar-refractivity contribution in [1.82, 2.24) is 4.98 Å². The van der Waals surface area contributed by atoms with Crippen molar-refractivity contribution in [2.24, 2.45) is 0 Å². The molecule has 0 radical (unpaired) electrons. The first-order chi connectivity index (χ1) is 11.3. The monoisotopic (exact) mass is 304 g/mol. The first kappa shape index (κ1) is 14.8. The summed E-state index contributed by atoms with van der Waals surface area (Å²) in [7, 11) is 1.55. The largest absolute Gasteiger partial charge is 0.496 e. The summed E-state index contributed by atoms with van der Waals surface area (Å²) in [4.78, 5) is 16.6. The maximum absolute atomic E-state index is 12.4. The zero-order valence-electron chi connectivity index (χ0n) is 12.7. The highest BCUT2D eigenvalue weighted by Crippen LogP contribution is 2.23. The lowest BCUT2D eigenvalue weighted by molar-refractivity contribution is 0.102. The topological polar surface area (TPSA) is 51.2 Å². The third-order valence-corrected chi connectivity index (χ3v) is 3.45. The van der Waals surface area contributed by atoms with Gasteiger partial charge in [-0.3, -0.25) is 9.78 Å². The molecular weight excluding hydrogens is 288 g/mol. The molecule has 1 heterocycles. The summed E-state index contributed by atoms with van der Waals surface area (Å²) in [5, 5.41) is 2.86. The minimum atomic E-state index is -0.227. The van der Waals surface area contributed by atoms with Gasteiger partial charge in [-0.25, -0.2) is 0 Å². The van der Waals surface area contributed by atoms with Crippen LogP contribution in [0.4, 0.5) is 5.69 Å². The molecule has 0 saturated heterocycles. The number of hydrogen-bond donors (Lipinski definition) is 1. The predicted molar refractivity (Wildman–Crippen MR) is 90.6 cm³/mol. The molecule has 0 bridgehead atoms. The van der Waals surface area contributed by atoms with Crippen LogP contribution in [0.2, 0.25) is 0 Å². The van der Waals surface area contributed by atoms with Crippen LogP contribution < -0.4 is 10.1 Å². The van der Waals surface area contributed by atoms with Crippen LogP contribution in [0.3, 0.4) is 0 Å². The summed E-state index contributed by atoms with van der Waals surface area (Å²) in [5.41, 5.74) is 3.12. The molecule has 2 aromatic carbocycles. The Balaban J connectivity index is 1.85. The SMILES string of the molecule is COc1ccccc1C(=O)Nc1cncc(-c2ccccc2)c1. The van der Waals surface area contributed by atoms with Gasteiger partial charge < -0.3 is 10.1 Å². The lowest BCUT2D eigenvalue weighted by Crippen LogP contribution is -2.13. The number of aromatic nitrogens is 1. The van der Waals surface area contributed by atoms with Gasteiger partial charge >= 0.3 is 0 Å². The number of hydrogen-bond acceptors (Lipinski definition) is 3. The molecule has 3 aromatic rings. The third-order valence-electron chi connectivity index (χ3n) is 3.45. The van der Waals surface area contributed by atoms with E-state index in [1.165, 1.54) is 0 Å². The molecule has 0 aliphatic rings. The Hall–Kier alpha value is -3.14. The van der Waals surface area contributed by atoms with E-state index in [-0.39, 0.29) is 5.91 Å². The first-order valence-electron chi connectivity index (χ1n) is 7.23. The molecule has 0 saturated carbocycles. The zero-order valence-corrected chi connectivity index (χ0v) is 12.7. The summed E-state index contributed by atoms with van der Waals surface area (Å²) in [5.74, 6) is 0.312. The molecule has 3 rings (SSSR count). The molecular formula is C19H16N2O2. The van der Waals surface area contributed by atoms with Crippen molar-refractivity contribution in [2.45, 2.75) is 0 Å². The van der Waals surface area contributed by atoms with Crippen molar-refractivity contribution in [3.05, 3.63) is 78.6 Å². The number of ether oxygens (including phenoxy) is 1. The first-order valence-corrected chi connectivity index (χ1v) is 7.23. The number of rotatable bonds is 4. The van der Waals surface area contributed by atoms with E-state index < -0.39 is 0 Å². The van der Waals surface area contributed by atoms with Crippen LogP contribution in [0.1, 0.15) is 10.4 Å². The summed E-state index contributed by atoms with van der Waals surface area (Å²) in [6, 6.07) is 18.9. The fourth-order valence-corrected chi connectivity index (χ4v) is 2.33. The molecule has 0 atom stereocenters. The Morgan fingerprint density at radius 3 is 2.48 bits per heavy atom. The van der Waals surface area contributed by atoms with Crippen molar-refractivity contribution in [3.8, 4) is 16.9 Å². The standard InChI is InChI=1S/C19H16N2O2/c1-23-18-10-6-5-9-17(18)19(22)21-16-11-15(12-20-13-16)14-7-3-2-4-8-14/h2-13H,1H3,(H,21,22). The van der Waals surface area contributed by atoms with Gasteiger partial charge in [0.05, 0.1) is 24.6 Å². The van der Waals surface area contributed by atoms with E-state index in [2.05, 4.69) is 10.3 Å². The second-order valence-electron chi connectivity index (χ2n) is 4.98. The van der Waals surface area contributed by atoms with Gasteiger partial charge in [0.15, 0.2) is 0 Å². The predicted octanol–water partition coefficient (Wildman–Crippen LogP) is 4.01. The number of benzene rings is 2. The fraction of sp³-hybridized carbons (Fsp3) is 0.0526. The van der Waals surface area contributed by atoms with E-state index in [1.807, 2.05) is 42.5 Å². The number of carbonyl (C=O) groups is 1. The maximum atomic E-state index is 12.4. The zero-order chi connectivity index (χ0) is 16.1. The van der Waals surface area contributed by atoms with E-state index in [1.54, 1.807) is 37.7 Å². The molecule has 23 heavy (non-hydrogen) atoms. The Labute approximate surface area is 134 Å². The number of nitrogens with one attached hydrogen (secondary N) is 1. The Bertz CT molecular complexity index is 816. The van der Waals surface area contributed by atoms with Gasteiger partial charge in [-0.05, 0) is 23.8 Å². The lowest BCUT2D eigenvalue weighted by atomic mass is 10.1. The van der Waals surface area contributed by atoms with Crippen molar-refractivity contribution >= 4 is 11.6 Å². The highest BCUT2D eigenvalue weighted by molar-refractivity contribution is 6.06.